The predicted molar refractivity (Wildman–Crippen MR) is 92.2 cm³/mol. The number of benzene rings is 1. The van der Waals surface area contributed by atoms with Crippen molar-refractivity contribution in [3.05, 3.63) is 24.3 Å². The lowest BCUT2D eigenvalue weighted by molar-refractivity contribution is -0.124. The van der Waals surface area contributed by atoms with Gasteiger partial charge in [0.25, 0.3) is 5.91 Å². The van der Waals surface area contributed by atoms with Crippen LogP contribution in [0.4, 0.5) is 0 Å². The van der Waals surface area contributed by atoms with Gasteiger partial charge in [-0.05, 0) is 12.1 Å². The van der Waals surface area contributed by atoms with E-state index in [9.17, 15) is 13.2 Å². The van der Waals surface area contributed by atoms with Crippen LogP contribution >= 0.6 is 0 Å². The third-order valence-electron chi connectivity index (χ3n) is 3.94. The van der Waals surface area contributed by atoms with Crippen molar-refractivity contribution in [3.63, 3.8) is 0 Å². The van der Waals surface area contributed by atoms with Crippen molar-refractivity contribution < 1.29 is 27.4 Å². The second-order valence-electron chi connectivity index (χ2n) is 6.00. The van der Waals surface area contributed by atoms with E-state index in [1.165, 1.54) is 18.4 Å². The van der Waals surface area contributed by atoms with E-state index < -0.39 is 10.0 Å². The van der Waals surface area contributed by atoms with Gasteiger partial charge in [-0.15, -0.1) is 0 Å². The number of nitrogens with zero attached hydrogens (tertiary/aromatic N) is 1. The molecular formula is C16H24N2O6S. The normalized spacial score (nSPS) is 20.5. The van der Waals surface area contributed by atoms with E-state index in [-0.39, 0.29) is 30.2 Å². The zero-order chi connectivity index (χ0) is 18.4. The third-order valence-corrected chi connectivity index (χ3v) is 5.90. The molecule has 1 N–H and O–H groups in total. The minimum absolute atomic E-state index is 0.0678. The van der Waals surface area contributed by atoms with Crippen LogP contribution in [0.2, 0.25) is 0 Å². The van der Waals surface area contributed by atoms with Crippen molar-refractivity contribution >= 4 is 15.9 Å². The third kappa shape index (κ3) is 5.58. The van der Waals surface area contributed by atoms with Crippen LogP contribution in [0, 0.1) is 5.92 Å². The fraction of sp³-hybridized carbons (Fsp3) is 0.562. The first kappa shape index (κ1) is 19.5. The molecule has 1 heterocycles. The molecule has 1 fully saturated rings. The van der Waals surface area contributed by atoms with Crippen molar-refractivity contribution in [2.24, 2.45) is 5.92 Å². The Hall–Kier alpha value is -1.84. The van der Waals surface area contributed by atoms with Crippen molar-refractivity contribution in [3.8, 4) is 11.5 Å². The average molecular weight is 372 g/mol. The lowest BCUT2D eigenvalue weighted by Gasteiger charge is -2.21. The van der Waals surface area contributed by atoms with Crippen LogP contribution in [-0.4, -0.2) is 71.5 Å². The standard InChI is InChI=1S/C16H24N2O6S/c1-18(2)25(20,21)11-12-8-23-9-15(12)17-16(19)10-24-14-6-4-5-13(7-14)22-3/h4-7,12,15H,8-11H2,1-3H3,(H,17,19)/t12-,15+/m0/s1. The zero-order valence-electron chi connectivity index (χ0n) is 14.6. The topological polar surface area (TPSA) is 94.2 Å². The number of carbonyl (C=O) groups excluding carboxylic acids is 1. The summed E-state index contributed by atoms with van der Waals surface area (Å²) in [5, 5.41) is 2.79. The molecule has 0 saturated carbocycles. The Morgan fingerprint density at radius 3 is 2.72 bits per heavy atom. The van der Waals surface area contributed by atoms with Crippen LogP contribution in [0.3, 0.4) is 0 Å². The quantitative estimate of drug-likeness (QED) is 0.695. The molecule has 0 radical (unpaired) electrons. The lowest BCUT2D eigenvalue weighted by atomic mass is 10.1. The summed E-state index contributed by atoms with van der Waals surface area (Å²) in [6.45, 7) is 0.421. The molecule has 1 aliphatic rings. The minimum Gasteiger partial charge on any atom is -0.497 e. The Balaban J connectivity index is 1.86. The van der Waals surface area contributed by atoms with E-state index in [2.05, 4.69) is 5.32 Å². The number of carbonyl (C=O) groups is 1. The Labute approximate surface area is 148 Å². The molecule has 140 valence electrons. The number of sulfonamides is 1. The van der Waals surface area contributed by atoms with Crippen LogP contribution in [0.25, 0.3) is 0 Å². The highest BCUT2D eigenvalue weighted by atomic mass is 32.2. The summed E-state index contributed by atoms with van der Waals surface area (Å²) in [5.74, 6) is 0.473. The SMILES string of the molecule is COc1cccc(OCC(=O)N[C@@H]2COC[C@H]2CS(=O)(=O)N(C)C)c1. The van der Waals surface area contributed by atoms with Gasteiger partial charge < -0.3 is 19.5 Å². The van der Waals surface area contributed by atoms with Crippen LogP contribution in [0.5, 0.6) is 11.5 Å². The molecule has 1 saturated heterocycles. The second-order valence-corrected chi connectivity index (χ2v) is 8.23. The van der Waals surface area contributed by atoms with Crippen LogP contribution in [0.1, 0.15) is 0 Å². The van der Waals surface area contributed by atoms with Crippen LogP contribution in [-0.2, 0) is 19.6 Å². The highest BCUT2D eigenvalue weighted by Crippen LogP contribution is 2.19. The first-order valence-electron chi connectivity index (χ1n) is 7.86. The molecule has 0 spiro atoms. The van der Waals surface area contributed by atoms with Crippen molar-refractivity contribution in [2.75, 3.05) is 46.8 Å². The molecule has 0 unspecified atom stereocenters. The maximum Gasteiger partial charge on any atom is 0.258 e. The van der Waals surface area contributed by atoms with Gasteiger partial charge in [-0.2, -0.15) is 0 Å². The van der Waals surface area contributed by atoms with Gasteiger partial charge in [0.2, 0.25) is 10.0 Å². The maximum absolute atomic E-state index is 12.1. The molecule has 0 aromatic heterocycles. The predicted octanol–water partition coefficient (Wildman–Crippen LogP) is 0.0966. The van der Waals surface area contributed by atoms with Gasteiger partial charge in [-0.1, -0.05) is 6.07 Å². The molecular weight excluding hydrogens is 348 g/mol. The number of rotatable bonds is 8. The summed E-state index contributed by atoms with van der Waals surface area (Å²) in [7, 11) is 1.17. The molecule has 1 aromatic rings. The van der Waals surface area contributed by atoms with Crippen molar-refractivity contribution in [1.82, 2.24) is 9.62 Å². The van der Waals surface area contributed by atoms with E-state index in [0.717, 1.165) is 0 Å². The number of amides is 1. The summed E-state index contributed by atoms with van der Waals surface area (Å²) >= 11 is 0. The summed E-state index contributed by atoms with van der Waals surface area (Å²) < 4.78 is 41.1. The molecule has 1 amide bonds. The number of hydrogen-bond donors (Lipinski definition) is 1. The Morgan fingerprint density at radius 1 is 1.32 bits per heavy atom. The highest BCUT2D eigenvalue weighted by Gasteiger charge is 2.34. The first-order chi connectivity index (χ1) is 11.8. The molecule has 2 rings (SSSR count). The molecule has 1 aliphatic heterocycles. The Kier molecular flexibility index (Phi) is 6.63. The number of methoxy groups -OCH3 is 1. The zero-order valence-corrected chi connectivity index (χ0v) is 15.4. The number of hydrogen-bond acceptors (Lipinski definition) is 6. The summed E-state index contributed by atoms with van der Waals surface area (Å²) in [6.07, 6.45) is 0. The van der Waals surface area contributed by atoms with Gasteiger partial charge in [0, 0.05) is 26.1 Å². The smallest absolute Gasteiger partial charge is 0.258 e. The number of ether oxygens (including phenoxy) is 3. The van der Waals surface area contributed by atoms with Crippen LogP contribution in [0.15, 0.2) is 24.3 Å². The monoisotopic (exact) mass is 372 g/mol. The van der Waals surface area contributed by atoms with Gasteiger partial charge in [0.05, 0.1) is 32.1 Å². The molecule has 9 heteroatoms. The second kappa shape index (κ2) is 8.50. The Bertz CT molecular complexity index is 692. The Morgan fingerprint density at radius 2 is 2.04 bits per heavy atom. The molecule has 25 heavy (non-hydrogen) atoms. The molecule has 0 bridgehead atoms. The average Bonchev–Trinajstić information content (AvgIpc) is 2.99. The maximum atomic E-state index is 12.1. The van der Waals surface area contributed by atoms with Gasteiger partial charge in [-0.25, -0.2) is 12.7 Å². The van der Waals surface area contributed by atoms with E-state index in [4.69, 9.17) is 14.2 Å². The summed E-state index contributed by atoms with van der Waals surface area (Å²) in [6, 6.07) is 6.59. The summed E-state index contributed by atoms with van der Waals surface area (Å²) in [4.78, 5) is 12.1. The fourth-order valence-electron chi connectivity index (χ4n) is 2.43. The first-order valence-corrected chi connectivity index (χ1v) is 9.47. The van der Waals surface area contributed by atoms with E-state index >= 15 is 0 Å². The van der Waals surface area contributed by atoms with Crippen molar-refractivity contribution in [2.45, 2.75) is 6.04 Å². The van der Waals surface area contributed by atoms with E-state index in [1.54, 1.807) is 31.4 Å². The van der Waals surface area contributed by atoms with E-state index in [1.807, 2.05) is 0 Å². The molecule has 2 atom stereocenters. The van der Waals surface area contributed by atoms with Gasteiger partial charge in [-0.3, -0.25) is 4.79 Å². The van der Waals surface area contributed by atoms with Gasteiger partial charge >= 0.3 is 0 Å². The van der Waals surface area contributed by atoms with Gasteiger partial charge in [0.15, 0.2) is 6.61 Å². The lowest BCUT2D eigenvalue weighted by Crippen LogP contribution is -2.45. The minimum atomic E-state index is -3.36. The molecule has 1 aromatic carbocycles. The van der Waals surface area contributed by atoms with Gasteiger partial charge in [0.1, 0.15) is 11.5 Å². The molecule has 0 aliphatic carbocycles. The fourth-order valence-corrected chi connectivity index (χ4v) is 3.60. The highest BCUT2D eigenvalue weighted by molar-refractivity contribution is 7.89. The largest absolute Gasteiger partial charge is 0.497 e. The number of nitrogens with one attached hydrogen (secondary N) is 1. The molecule has 8 nitrogen and oxygen atoms in total. The van der Waals surface area contributed by atoms with E-state index in [0.29, 0.717) is 24.7 Å². The van der Waals surface area contributed by atoms with Crippen molar-refractivity contribution in [1.29, 1.82) is 0 Å². The summed E-state index contributed by atoms with van der Waals surface area (Å²) in [5.41, 5.74) is 0. The van der Waals surface area contributed by atoms with Crippen LogP contribution < -0.4 is 14.8 Å².